The van der Waals surface area contributed by atoms with Gasteiger partial charge in [0.05, 0.1) is 0 Å². The molecule has 1 amide bonds. The first-order valence-corrected chi connectivity index (χ1v) is 5.68. The second kappa shape index (κ2) is 4.52. The van der Waals surface area contributed by atoms with Gasteiger partial charge >= 0.3 is 0 Å². The summed E-state index contributed by atoms with van der Waals surface area (Å²) in [6, 6.07) is 10.4. The molecular formula is C14H17NO. The molecule has 0 bridgehead atoms. The van der Waals surface area contributed by atoms with Crippen molar-refractivity contribution in [3.05, 3.63) is 48.6 Å². The van der Waals surface area contributed by atoms with Gasteiger partial charge in [0.25, 0.3) is 0 Å². The number of likely N-dealkylation sites (tertiary alicyclic amines) is 1. The molecule has 0 radical (unpaired) electrons. The SMILES string of the molecule is C=C[C@@H]1CC(=O)N(Cc2ccccc2)[C@H]1C. The van der Waals surface area contributed by atoms with E-state index < -0.39 is 0 Å². The Bertz CT molecular complexity index is 385. The van der Waals surface area contributed by atoms with Crippen LogP contribution in [0.15, 0.2) is 43.0 Å². The number of hydrogen-bond acceptors (Lipinski definition) is 1. The Hall–Kier alpha value is -1.57. The Morgan fingerprint density at radius 1 is 1.44 bits per heavy atom. The maximum atomic E-state index is 11.8. The van der Waals surface area contributed by atoms with Gasteiger partial charge in [0.2, 0.25) is 5.91 Å². The van der Waals surface area contributed by atoms with Crippen molar-refractivity contribution in [2.45, 2.75) is 25.9 Å². The Balaban J connectivity index is 2.11. The smallest absolute Gasteiger partial charge is 0.223 e. The minimum atomic E-state index is 0.237. The summed E-state index contributed by atoms with van der Waals surface area (Å²) < 4.78 is 0. The zero-order valence-corrected chi connectivity index (χ0v) is 9.60. The molecule has 2 rings (SSSR count). The number of hydrogen-bond donors (Lipinski definition) is 0. The van der Waals surface area contributed by atoms with E-state index in [2.05, 4.69) is 25.6 Å². The fourth-order valence-corrected chi connectivity index (χ4v) is 2.24. The van der Waals surface area contributed by atoms with Crippen LogP contribution < -0.4 is 0 Å². The molecule has 16 heavy (non-hydrogen) atoms. The summed E-state index contributed by atoms with van der Waals surface area (Å²) in [4.78, 5) is 13.8. The minimum Gasteiger partial charge on any atom is -0.335 e. The van der Waals surface area contributed by atoms with Crippen LogP contribution in [-0.4, -0.2) is 16.8 Å². The predicted molar refractivity (Wildman–Crippen MR) is 64.8 cm³/mol. The van der Waals surface area contributed by atoms with Crippen LogP contribution in [0.2, 0.25) is 0 Å². The molecule has 1 aromatic carbocycles. The maximum absolute atomic E-state index is 11.8. The van der Waals surface area contributed by atoms with E-state index in [-0.39, 0.29) is 11.9 Å². The zero-order chi connectivity index (χ0) is 11.5. The summed E-state index contributed by atoms with van der Waals surface area (Å²) >= 11 is 0. The number of rotatable bonds is 3. The molecule has 2 heteroatoms. The first-order chi connectivity index (χ1) is 7.72. The van der Waals surface area contributed by atoms with Gasteiger partial charge in [-0.05, 0) is 12.5 Å². The number of carbonyl (C=O) groups excluding carboxylic acids is 1. The second-order valence-electron chi connectivity index (χ2n) is 4.35. The van der Waals surface area contributed by atoms with Gasteiger partial charge in [-0.3, -0.25) is 4.79 Å². The summed E-state index contributed by atoms with van der Waals surface area (Å²) in [5, 5.41) is 0. The van der Waals surface area contributed by atoms with Crippen molar-refractivity contribution in [3.63, 3.8) is 0 Å². The molecule has 0 unspecified atom stereocenters. The van der Waals surface area contributed by atoms with Crippen LogP contribution >= 0.6 is 0 Å². The zero-order valence-electron chi connectivity index (χ0n) is 9.60. The van der Waals surface area contributed by atoms with Crippen molar-refractivity contribution in [1.29, 1.82) is 0 Å². The lowest BCUT2D eigenvalue weighted by Gasteiger charge is -2.23. The molecule has 1 saturated heterocycles. The Kier molecular flexibility index (Phi) is 3.09. The molecule has 1 aliphatic heterocycles. The van der Waals surface area contributed by atoms with Crippen molar-refractivity contribution in [1.82, 2.24) is 4.90 Å². The van der Waals surface area contributed by atoms with Gasteiger partial charge in [-0.15, -0.1) is 6.58 Å². The van der Waals surface area contributed by atoms with Gasteiger partial charge in [0.1, 0.15) is 0 Å². The average Bonchev–Trinajstić information content (AvgIpc) is 2.58. The largest absolute Gasteiger partial charge is 0.335 e. The molecule has 0 aromatic heterocycles. The molecule has 0 N–H and O–H groups in total. The van der Waals surface area contributed by atoms with E-state index in [1.807, 2.05) is 29.2 Å². The Morgan fingerprint density at radius 3 is 2.69 bits per heavy atom. The lowest BCUT2D eigenvalue weighted by atomic mass is 10.0. The number of carbonyl (C=O) groups is 1. The van der Waals surface area contributed by atoms with Gasteiger partial charge in [0.15, 0.2) is 0 Å². The molecule has 1 fully saturated rings. The van der Waals surface area contributed by atoms with E-state index in [0.29, 0.717) is 18.9 Å². The number of amides is 1. The van der Waals surface area contributed by atoms with E-state index in [4.69, 9.17) is 0 Å². The lowest BCUT2D eigenvalue weighted by Crippen LogP contribution is -2.32. The van der Waals surface area contributed by atoms with Crippen LogP contribution in [-0.2, 0) is 11.3 Å². The third-order valence-electron chi connectivity index (χ3n) is 3.34. The summed E-state index contributed by atoms with van der Waals surface area (Å²) in [7, 11) is 0. The van der Waals surface area contributed by atoms with Gasteiger partial charge in [-0.2, -0.15) is 0 Å². The highest BCUT2D eigenvalue weighted by atomic mass is 16.2. The molecular weight excluding hydrogens is 198 g/mol. The highest BCUT2D eigenvalue weighted by Gasteiger charge is 2.34. The molecule has 2 nitrogen and oxygen atoms in total. The average molecular weight is 215 g/mol. The van der Waals surface area contributed by atoms with Gasteiger partial charge in [0, 0.05) is 24.9 Å². The molecule has 1 aliphatic rings. The quantitative estimate of drug-likeness (QED) is 0.710. The normalized spacial score (nSPS) is 24.8. The Labute approximate surface area is 96.6 Å². The standard InChI is InChI=1S/C14H17NO/c1-3-13-9-14(16)15(11(13)2)10-12-7-5-4-6-8-12/h3-8,11,13H,1,9-10H2,2H3/t11-,13+/m0/s1. The molecule has 84 valence electrons. The van der Waals surface area contributed by atoms with Crippen molar-refractivity contribution in [2.24, 2.45) is 5.92 Å². The van der Waals surface area contributed by atoms with Crippen LogP contribution in [0.3, 0.4) is 0 Å². The number of nitrogens with zero attached hydrogens (tertiary/aromatic N) is 1. The van der Waals surface area contributed by atoms with Crippen LogP contribution in [0.5, 0.6) is 0 Å². The molecule has 1 aromatic rings. The van der Waals surface area contributed by atoms with E-state index in [1.165, 1.54) is 5.56 Å². The van der Waals surface area contributed by atoms with Crippen LogP contribution in [0, 0.1) is 5.92 Å². The molecule has 0 spiro atoms. The Morgan fingerprint density at radius 2 is 2.12 bits per heavy atom. The summed E-state index contributed by atoms with van der Waals surface area (Å²) in [5.74, 6) is 0.539. The third kappa shape index (κ3) is 2.01. The number of benzene rings is 1. The highest BCUT2D eigenvalue weighted by Crippen LogP contribution is 2.27. The first kappa shape index (κ1) is 10.9. The summed E-state index contributed by atoms with van der Waals surface area (Å²) in [6.07, 6.45) is 2.51. The summed E-state index contributed by atoms with van der Waals surface area (Å²) in [5.41, 5.74) is 1.19. The molecule has 0 aliphatic carbocycles. The van der Waals surface area contributed by atoms with Gasteiger partial charge < -0.3 is 4.90 Å². The monoisotopic (exact) mass is 215 g/mol. The van der Waals surface area contributed by atoms with Crippen LogP contribution in [0.25, 0.3) is 0 Å². The predicted octanol–water partition coefficient (Wildman–Crippen LogP) is 2.61. The van der Waals surface area contributed by atoms with Crippen LogP contribution in [0.4, 0.5) is 0 Å². The van der Waals surface area contributed by atoms with E-state index in [1.54, 1.807) is 0 Å². The van der Waals surface area contributed by atoms with E-state index in [0.717, 1.165) is 0 Å². The van der Waals surface area contributed by atoms with Crippen LogP contribution in [0.1, 0.15) is 18.9 Å². The molecule has 1 heterocycles. The lowest BCUT2D eigenvalue weighted by molar-refractivity contribution is -0.129. The fraction of sp³-hybridized carbons (Fsp3) is 0.357. The first-order valence-electron chi connectivity index (χ1n) is 5.68. The van der Waals surface area contributed by atoms with E-state index >= 15 is 0 Å². The molecule has 0 saturated carbocycles. The van der Waals surface area contributed by atoms with E-state index in [9.17, 15) is 4.79 Å². The van der Waals surface area contributed by atoms with Gasteiger partial charge in [-0.1, -0.05) is 36.4 Å². The fourth-order valence-electron chi connectivity index (χ4n) is 2.24. The molecule has 2 atom stereocenters. The van der Waals surface area contributed by atoms with Crippen molar-refractivity contribution in [2.75, 3.05) is 0 Å². The second-order valence-corrected chi connectivity index (χ2v) is 4.35. The topological polar surface area (TPSA) is 20.3 Å². The van der Waals surface area contributed by atoms with Crippen molar-refractivity contribution < 1.29 is 4.79 Å². The van der Waals surface area contributed by atoms with Crippen molar-refractivity contribution in [3.8, 4) is 0 Å². The van der Waals surface area contributed by atoms with Crippen molar-refractivity contribution >= 4 is 5.91 Å². The summed E-state index contributed by atoms with van der Waals surface area (Å²) in [6.45, 7) is 6.60. The highest BCUT2D eigenvalue weighted by molar-refractivity contribution is 5.79. The maximum Gasteiger partial charge on any atom is 0.223 e. The van der Waals surface area contributed by atoms with Gasteiger partial charge in [-0.25, -0.2) is 0 Å². The third-order valence-corrected chi connectivity index (χ3v) is 3.34. The minimum absolute atomic E-state index is 0.237.